The number of ether oxygens (including phenoxy) is 1. The van der Waals surface area contributed by atoms with Crippen molar-refractivity contribution in [2.45, 2.75) is 65.3 Å². The maximum Gasteiger partial charge on any atom is 0.321 e. The van der Waals surface area contributed by atoms with Crippen LogP contribution in [-0.4, -0.2) is 29.1 Å². The second-order valence-corrected chi connectivity index (χ2v) is 8.08. The number of rotatable bonds is 6. The highest BCUT2D eigenvalue weighted by atomic mass is 16.5. The lowest BCUT2D eigenvalue weighted by atomic mass is 10.1. The van der Waals surface area contributed by atoms with E-state index in [-0.39, 0.29) is 17.8 Å². The summed E-state index contributed by atoms with van der Waals surface area (Å²) >= 11 is 0. The number of carbonyl (C=O) groups excluding carboxylic acids is 1. The van der Waals surface area contributed by atoms with Gasteiger partial charge in [-0.2, -0.15) is 0 Å². The van der Waals surface area contributed by atoms with Gasteiger partial charge in [0.1, 0.15) is 17.3 Å². The van der Waals surface area contributed by atoms with Gasteiger partial charge in [-0.25, -0.2) is 4.79 Å². The van der Waals surface area contributed by atoms with Crippen molar-refractivity contribution in [3.8, 4) is 5.75 Å². The summed E-state index contributed by atoms with van der Waals surface area (Å²) in [4.78, 5) is 14.3. The topological polar surface area (TPSA) is 87.8 Å². The molecule has 2 rings (SSSR count). The minimum atomic E-state index is -0.206. The van der Waals surface area contributed by atoms with Gasteiger partial charge in [0.05, 0.1) is 5.70 Å². The van der Waals surface area contributed by atoms with E-state index in [0.29, 0.717) is 22.9 Å². The summed E-state index contributed by atoms with van der Waals surface area (Å²) in [5.74, 6) is 1.01. The second-order valence-electron chi connectivity index (χ2n) is 8.08. The van der Waals surface area contributed by atoms with Crippen LogP contribution in [0.15, 0.2) is 48.1 Å². The van der Waals surface area contributed by atoms with E-state index in [2.05, 4.69) is 11.9 Å². The molecule has 0 heterocycles. The third-order valence-electron chi connectivity index (χ3n) is 5.51. The number of nitrogens with two attached hydrogens (primary N) is 1. The van der Waals surface area contributed by atoms with Gasteiger partial charge in [0.15, 0.2) is 0 Å². The lowest BCUT2D eigenvalue weighted by Crippen LogP contribution is -2.43. The Morgan fingerprint density at radius 3 is 2.33 bits per heavy atom. The minimum Gasteiger partial charge on any atom is -0.506 e. The first-order valence-electron chi connectivity index (χ1n) is 10.5. The molecule has 2 amide bonds. The maximum absolute atomic E-state index is 12.5. The average molecular weight is 414 g/mol. The number of nitrogens with zero attached hydrogens (tertiary/aromatic N) is 1. The first-order chi connectivity index (χ1) is 14.2. The molecule has 6 heteroatoms. The summed E-state index contributed by atoms with van der Waals surface area (Å²) in [7, 11) is 1.82. The number of nitrogens with one attached hydrogen (secondary N) is 1. The Labute approximate surface area is 180 Å². The van der Waals surface area contributed by atoms with Crippen LogP contribution in [0.5, 0.6) is 5.75 Å². The van der Waals surface area contributed by atoms with E-state index in [1.807, 2.05) is 33.0 Å². The van der Waals surface area contributed by atoms with E-state index in [1.165, 1.54) is 18.9 Å². The zero-order valence-corrected chi connectivity index (χ0v) is 18.6. The molecule has 0 bridgehead atoms. The highest BCUT2D eigenvalue weighted by Crippen LogP contribution is 2.27. The van der Waals surface area contributed by atoms with Crippen molar-refractivity contribution < 1.29 is 14.6 Å². The summed E-state index contributed by atoms with van der Waals surface area (Å²) in [6.45, 7) is 9.37. The normalized spacial score (nSPS) is 16.0. The molecule has 0 unspecified atom stereocenters. The van der Waals surface area contributed by atoms with Crippen molar-refractivity contribution in [3.63, 3.8) is 0 Å². The molecule has 164 valence electrons. The molecule has 1 aromatic rings. The number of urea groups is 1. The Balaban J connectivity index is 1.97. The number of aliphatic hydroxyl groups excluding tert-OH is 1. The van der Waals surface area contributed by atoms with Crippen LogP contribution in [0.25, 0.3) is 0 Å². The van der Waals surface area contributed by atoms with Gasteiger partial charge < -0.3 is 25.8 Å². The Morgan fingerprint density at radius 1 is 1.20 bits per heavy atom. The molecule has 0 atom stereocenters. The fourth-order valence-electron chi connectivity index (χ4n) is 3.73. The second kappa shape index (κ2) is 10.8. The van der Waals surface area contributed by atoms with E-state index < -0.39 is 0 Å². The number of carbonyl (C=O) groups is 1. The predicted molar refractivity (Wildman–Crippen MR) is 122 cm³/mol. The van der Waals surface area contributed by atoms with Crippen LogP contribution >= 0.6 is 0 Å². The molecule has 0 spiro atoms. The Morgan fingerprint density at radius 2 is 1.77 bits per heavy atom. The molecule has 6 nitrogen and oxygen atoms in total. The smallest absolute Gasteiger partial charge is 0.321 e. The van der Waals surface area contributed by atoms with Crippen LogP contribution < -0.4 is 15.8 Å². The molecule has 4 N–H and O–H groups in total. The summed E-state index contributed by atoms with van der Waals surface area (Å²) in [5.41, 5.74) is 8.72. The first kappa shape index (κ1) is 23.4. The number of hydrogen-bond acceptors (Lipinski definition) is 4. The van der Waals surface area contributed by atoms with Crippen molar-refractivity contribution in [1.29, 1.82) is 0 Å². The van der Waals surface area contributed by atoms with E-state index in [4.69, 9.17) is 10.5 Å². The number of hydrogen-bond donors (Lipinski definition) is 3. The number of allylic oxidation sites excluding steroid dienone is 3. The monoisotopic (exact) mass is 413 g/mol. The van der Waals surface area contributed by atoms with Crippen LogP contribution in [0.2, 0.25) is 0 Å². The summed E-state index contributed by atoms with van der Waals surface area (Å²) < 4.78 is 5.81. The molecule has 30 heavy (non-hydrogen) atoms. The number of aryl methyl sites for hydroxylation is 2. The zero-order chi connectivity index (χ0) is 22.3. The fourth-order valence-corrected chi connectivity index (χ4v) is 3.73. The van der Waals surface area contributed by atoms with Gasteiger partial charge in [-0.05, 0) is 69.0 Å². The van der Waals surface area contributed by atoms with Gasteiger partial charge >= 0.3 is 6.03 Å². The van der Waals surface area contributed by atoms with Crippen LogP contribution in [-0.2, 0) is 0 Å². The van der Waals surface area contributed by atoms with Crippen LogP contribution in [0, 0.1) is 13.8 Å². The predicted octanol–water partition coefficient (Wildman–Crippen LogP) is 5.49. The lowest BCUT2D eigenvalue weighted by Gasteiger charge is -2.27. The average Bonchev–Trinajstić information content (AvgIpc) is 2.97. The largest absolute Gasteiger partial charge is 0.506 e. The molecular weight excluding hydrogens is 378 g/mol. The van der Waals surface area contributed by atoms with E-state index in [9.17, 15) is 9.90 Å². The third-order valence-corrected chi connectivity index (χ3v) is 5.51. The molecular formula is C24H35N3O3. The van der Waals surface area contributed by atoms with Gasteiger partial charge in [0.2, 0.25) is 0 Å². The van der Waals surface area contributed by atoms with Crippen molar-refractivity contribution in [2.24, 2.45) is 0 Å². The fraction of sp³-hybridized carbons (Fsp3) is 0.458. The highest BCUT2D eigenvalue weighted by molar-refractivity contribution is 5.76. The molecule has 1 aliphatic carbocycles. The van der Waals surface area contributed by atoms with Crippen LogP contribution in [0.1, 0.15) is 56.6 Å². The van der Waals surface area contributed by atoms with E-state index in [1.54, 1.807) is 17.9 Å². The quantitative estimate of drug-likeness (QED) is 0.249. The lowest BCUT2D eigenvalue weighted by molar-refractivity contribution is 0.186. The van der Waals surface area contributed by atoms with E-state index in [0.717, 1.165) is 36.8 Å². The molecule has 1 saturated carbocycles. The number of aliphatic hydroxyl groups is 1. The van der Waals surface area contributed by atoms with Crippen molar-refractivity contribution in [3.05, 3.63) is 59.2 Å². The molecule has 1 aromatic carbocycles. The molecule has 0 radical (unpaired) electrons. The van der Waals surface area contributed by atoms with Gasteiger partial charge in [-0.1, -0.05) is 32.3 Å². The number of nitrogen functional groups attached to an aromatic ring is 1. The van der Waals surface area contributed by atoms with Gasteiger partial charge in [-0.3, -0.25) is 0 Å². The van der Waals surface area contributed by atoms with Crippen molar-refractivity contribution >= 4 is 11.7 Å². The standard InChI is InChI=1S/C24H35N3O3/c1-16-14-20(25)15-17(2)23(16)30-18(3)12-13-22(28)19(4)26-24(29)27(5)21-10-8-6-7-9-11-21/h12-15,21,28H,3,6-11,25H2,1-2,4-5H3,(H,26,29)/b13-12-,22-19-. The van der Waals surface area contributed by atoms with Gasteiger partial charge in [0, 0.05) is 18.8 Å². The Kier molecular flexibility index (Phi) is 8.39. The van der Waals surface area contributed by atoms with E-state index >= 15 is 0 Å². The molecule has 1 fully saturated rings. The minimum absolute atomic E-state index is 0.0480. The molecule has 0 aliphatic heterocycles. The number of anilines is 1. The van der Waals surface area contributed by atoms with Crippen LogP contribution in [0.3, 0.4) is 0 Å². The maximum atomic E-state index is 12.5. The zero-order valence-electron chi connectivity index (χ0n) is 18.6. The SMILES string of the molecule is C=C(/C=C\C(O)=C(/C)NC(=O)N(C)C1CCCCCC1)Oc1c(C)cc(N)cc1C. The summed E-state index contributed by atoms with van der Waals surface area (Å²) in [6.07, 6.45) is 9.86. The third kappa shape index (κ3) is 6.58. The molecule has 0 aromatic heterocycles. The van der Waals surface area contributed by atoms with Gasteiger partial charge in [0.25, 0.3) is 0 Å². The first-order valence-corrected chi connectivity index (χ1v) is 10.5. The summed E-state index contributed by atoms with van der Waals surface area (Å²) in [5, 5.41) is 13.1. The molecule has 1 aliphatic rings. The number of amides is 2. The highest BCUT2D eigenvalue weighted by Gasteiger charge is 2.21. The van der Waals surface area contributed by atoms with Crippen molar-refractivity contribution in [1.82, 2.24) is 10.2 Å². The molecule has 0 saturated heterocycles. The summed E-state index contributed by atoms with van der Waals surface area (Å²) in [6, 6.07) is 3.71. The Hall–Kier alpha value is -2.89. The van der Waals surface area contributed by atoms with Crippen molar-refractivity contribution in [2.75, 3.05) is 12.8 Å². The number of benzene rings is 1. The van der Waals surface area contributed by atoms with Crippen LogP contribution in [0.4, 0.5) is 10.5 Å². The Bertz CT molecular complexity index is 811. The van der Waals surface area contributed by atoms with Gasteiger partial charge in [-0.15, -0.1) is 0 Å².